The van der Waals surface area contributed by atoms with Gasteiger partial charge in [0.15, 0.2) is 0 Å². The van der Waals surface area contributed by atoms with Crippen LogP contribution in [0.2, 0.25) is 0 Å². The molecule has 0 bridgehead atoms. The average molecular weight is 373 g/mol. The molecule has 0 spiro atoms. The van der Waals surface area contributed by atoms with Crippen molar-refractivity contribution in [3.05, 3.63) is 71.5 Å². The minimum atomic E-state index is -0.0587. The molecule has 1 amide bonds. The van der Waals surface area contributed by atoms with Gasteiger partial charge in [-0.05, 0) is 60.9 Å². The van der Waals surface area contributed by atoms with E-state index in [1.807, 2.05) is 47.5 Å². The Kier molecular flexibility index (Phi) is 4.15. The number of fused-ring (bicyclic) bond motifs is 1. The van der Waals surface area contributed by atoms with Crippen molar-refractivity contribution in [2.45, 2.75) is 44.2 Å². The standard InChI is InChI=1S/C23H23N3O2/c27-22-13-16(15-4-2-1-3-5-15)6-10-20(22)23(28)26(18-7-8-18)19-9-11-21-17(12-19)14-24-25-21/h1-6,10,13-14,18-19,27H,7-9,11-12H2,(H,24,25). The molecule has 3 aromatic rings. The fourth-order valence-corrected chi connectivity index (χ4v) is 4.28. The van der Waals surface area contributed by atoms with Crippen LogP contribution in [0.5, 0.6) is 5.75 Å². The summed E-state index contributed by atoms with van der Waals surface area (Å²) in [5.74, 6) is -0.00614. The van der Waals surface area contributed by atoms with Crippen molar-refractivity contribution >= 4 is 5.91 Å². The summed E-state index contributed by atoms with van der Waals surface area (Å²) in [6, 6.07) is 15.7. The third kappa shape index (κ3) is 3.07. The van der Waals surface area contributed by atoms with Gasteiger partial charge in [0.05, 0.1) is 11.8 Å². The smallest absolute Gasteiger partial charge is 0.258 e. The second kappa shape index (κ2) is 6.82. The van der Waals surface area contributed by atoms with Crippen molar-refractivity contribution in [2.75, 3.05) is 0 Å². The quantitative estimate of drug-likeness (QED) is 0.728. The van der Waals surface area contributed by atoms with Crippen LogP contribution in [0.3, 0.4) is 0 Å². The van der Waals surface area contributed by atoms with Crippen LogP contribution in [0.25, 0.3) is 11.1 Å². The Bertz CT molecular complexity index is 1010. The third-order valence-corrected chi connectivity index (χ3v) is 5.89. The molecular formula is C23H23N3O2. The molecule has 2 aliphatic rings. The highest BCUT2D eigenvalue weighted by Crippen LogP contribution is 2.36. The first-order valence-corrected chi connectivity index (χ1v) is 9.93. The van der Waals surface area contributed by atoms with Gasteiger partial charge in [0.1, 0.15) is 5.75 Å². The van der Waals surface area contributed by atoms with Gasteiger partial charge in [-0.3, -0.25) is 9.89 Å². The molecule has 0 radical (unpaired) electrons. The Hall–Kier alpha value is -3.08. The lowest BCUT2D eigenvalue weighted by atomic mass is 9.91. The van der Waals surface area contributed by atoms with Crippen molar-refractivity contribution in [3.8, 4) is 16.9 Å². The Balaban J connectivity index is 1.42. The molecule has 1 atom stereocenters. The van der Waals surface area contributed by atoms with Gasteiger partial charge < -0.3 is 10.0 Å². The molecule has 1 unspecified atom stereocenters. The van der Waals surface area contributed by atoms with Crippen LogP contribution in [0.15, 0.2) is 54.7 Å². The molecule has 1 saturated carbocycles. The van der Waals surface area contributed by atoms with Gasteiger partial charge in [-0.2, -0.15) is 5.10 Å². The van der Waals surface area contributed by atoms with Gasteiger partial charge in [-0.1, -0.05) is 36.4 Å². The topological polar surface area (TPSA) is 69.2 Å². The predicted octanol–water partition coefficient (Wildman–Crippen LogP) is 3.94. The maximum atomic E-state index is 13.4. The number of nitrogens with zero attached hydrogens (tertiary/aromatic N) is 2. The van der Waals surface area contributed by atoms with Gasteiger partial charge in [0.25, 0.3) is 5.91 Å². The summed E-state index contributed by atoms with van der Waals surface area (Å²) in [7, 11) is 0. The molecule has 2 aromatic carbocycles. The number of aromatic hydroxyl groups is 1. The number of carbonyl (C=O) groups is 1. The van der Waals surface area contributed by atoms with E-state index in [-0.39, 0.29) is 17.7 Å². The van der Waals surface area contributed by atoms with Gasteiger partial charge in [-0.15, -0.1) is 0 Å². The Morgan fingerprint density at radius 3 is 2.61 bits per heavy atom. The molecule has 28 heavy (non-hydrogen) atoms. The maximum Gasteiger partial charge on any atom is 0.258 e. The molecule has 142 valence electrons. The largest absolute Gasteiger partial charge is 0.507 e. The number of hydrogen-bond acceptors (Lipinski definition) is 3. The Morgan fingerprint density at radius 1 is 1.04 bits per heavy atom. The second-order valence-electron chi connectivity index (χ2n) is 7.81. The molecule has 1 aromatic heterocycles. The zero-order valence-electron chi connectivity index (χ0n) is 15.6. The number of phenols is 1. The summed E-state index contributed by atoms with van der Waals surface area (Å²) in [4.78, 5) is 15.4. The lowest BCUT2D eigenvalue weighted by Gasteiger charge is -2.34. The van der Waals surface area contributed by atoms with E-state index in [2.05, 4.69) is 10.2 Å². The zero-order chi connectivity index (χ0) is 19.1. The third-order valence-electron chi connectivity index (χ3n) is 5.89. The number of phenolic OH excluding ortho intramolecular Hbond substituents is 1. The molecule has 0 saturated heterocycles. The fourth-order valence-electron chi connectivity index (χ4n) is 4.28. The summed E-state index contributed by atoms with van der Waals surface area (Å²) in [6.07, 6.45) is 6.64. The normalized spacial score (nSPS) is 18.5. The molecular weight excluding hydrogens is 350 g/mol. The van der Waals surface area contributed by atoms with Gasteiger partial charge in [-0.25, -0.2) is 0 Å². The van der Waals surface area contributed by atoms with Crippen LogP contribution in [-0.2, 0) is 12.8 Å². The van der Waals surface area contributed by atoms with Crippen LogP contribution in [-0.4, -0.2) is 38.2 Å². The molecule has 2 aliphatic carbocycles. The van der Waals surface area contributed by atoms with Gasteiger partial charge >= 0.3 is 0 Å². The number of rotatable bonds is 4. The van der Waals surface area contributed by atoms with E-state index in [4.69, 9.17) is 0 Å². The van der Waals surface area contributed by atoms with Crippen molar-refractivity contribution in [3.63, 3.8) is 0 Å². The SMILES string of the molecule is O=C(c1ccc(-c2ccccc2)cc1O)N(C1CC1)C1CCc2[nH]ncc2C1. The molecule has 5 rings (SSSR count). The van der Waals surface area contributed by atoms with E-state index >= 15 is 0 Å². The zero-order valence-corrected chi connectivity index (χ0v) is 15.6. The number of aryl methyl sites for hydroxylation is 1. The van der Waals surface area contributed by atoms with Crippen LogP contribution in [0.1, 0.15) is 40.9 Å². The number of nitrogens with one attached hydrogen (secondary N) is 1. The van der Waals surface area contributed by atoms with Crippen molar-refractivity contribution < 1.29 is 9.90 Å². The van der Waals surface area contributed by atoms with Crippen molar-refractivity contribution in [2.24, 2.45) is 0 Å². The average Bonchev–Trinajstić information content (AvgIpc) is 3.44. The summed E-state index contributed by atoms with van der Waals surface area (Å²) >= 11 is 0. The first-order valence-electron chi connectivity index (χ1n) is 9.93. The number of aromatic nitrogens is 2. The second-order valence-corrected chi connectivity index (χ2v) is 7.81. The van der Waals surface area contributed by atoms with Crippen LogP contribution in [0.4, 0.5) is 0 Å². The Labute approximate surface area is 164 Å². The van der Waals surface area contributed by atoms with E-state index in [0.717, 1.165) is 43.2 Å². The van der Waals surface area contributed by atoms with E-state index in [1.165, 1.54) is 11.3 Å². The van der Waals surface area contributed by atoms with Gasteiger partial charge in [0.2, 0.25) is 0 Å². The van der Waals surface area contributed by atoms with Crippen molar-refractivity contribution in [1.82, 2.24) is 15.1 Å². The first-order chi connectivity index (χ1) is 13.7. The molecule has 1 heterocycles. The Morgan fingerprint density at radius 2 is 1.86 bits per heavy atom. The lowest BCUT2D eigenvalue weighted by molar-refractivity contribution is 0.0640. The van der Waals surface area contributed by atoms with Crippen molar-refractivity contribution in [1.29, 1.82) is 0 Å². The number of hydrogen-bond donors (Lipinski definition) is 2. The minimum Gasteiger partial charge on any atom is -0.507 e. The molecule has 1 fully saturated rings. The number of H-pyrrole nitrogens is 1. The minimum absolute atomic E-state index is 0.0526. The van der Waals surface area contributed by atoms with E-state index in [9.17, 15) is 9.90 Å². The summed E-state index contributed by atoms with van der Waals surface area (Å²) in [5.41, 5.74) is 4.72. The highest BCUT2D eigenvalue weighted by Gasteiger charge is 2.39. The lowest BCUT2D eigenvalue weighted by Crippen LogP contribution is -2.44. The molecule has 0 aliphatic heterocycles. The molecule has 5 heteroatoms. The monoisotopic (exact) mass is 373 g/mol. The molecule has 5 nitrogen and oxygen atoms in total. The van der Waals surface area contributed by atoms with E-state index in [0.29, 0.717) is 11.6 Å². The number of carbonyl (C=O) groups excluding carboxylic acids is 1. The molecule has 2 N–H and O–H groups in total. The highest BCUT2D eigenvalue weighted by molar-refractivity contribution is 5.98. The highest BCUT2D eigenvalue weighted by atomic mass is 16.3. The number of amides is 1. The predicted molar refractivity (Wildman–Crippen MR) is 107 cm³/mol. The van der Waals surface area contributed by atoms with E-state index in [1.54, 1.807) is 12.1 Å². The summed E-state index contributed by atoms with van der Waals surface area (Å²) in [6.45, 7) is 0. The first kappa shape index (κ1) is 17.0. The van der Waals surface area contributed by atoms with Gasteiger partial charge in [0, 0.05) is 17.8 Å². The van der Waals surface area contributed by atoms with Crippen LogP contribution in [0, 0.1) is 0 Å². The van der Waals surface area contributed by atoms with Crippen LogP contribution < -0.4 is 0 Å². The maximum absolute atomic E-state index is 13.4. The summed E-state index contributed by atoms with van der Waals surface area (Å²) < 4.78 is 0. The summed E-state index contributed by atoms with van der Waals surface area (Å²) in [5, 5.41) is 17.8. The number of benzene rings is 2. The number of aromatic amines is 1. The van der Waals surface area contributed by atoms with Crippen LogP contribution >= 0.6 is 0 Å². The fraction of sp³-hybridized carbons (Fsp3) is 0.304. The van der Waals surface area contributed by atoms with E-state index < -0.39 is 0 Å².